The monoisotopic (exact) mass is 330 g/mol. The molecule has 0 N–H and O–H groups in total. The van der Waals surface area contributed by atoms with Gasteiger partial charge in [0.15, 0.2) is 0 Å². The van der Waals surface area contributed by atoms with E-state index in [2.05, 4.69) is 12.1 Å². The number of hydrogen-bond acceptors (Lipinski definition) is 3. The predicted molar refractivity (Wildman–Crippen MR) is 91.5 cm³/mol. The van der Waals surface area contributed by atoms with Crippen LogP contribution in [0.15, 0.2) is 30.3 Å². The standard InChI is InChI=1S/C19H26N2O3/c22-18-8-4-10-20(18)11-5-9-19(23)21-12-13-24-17(15-21)14-16-6-2-1-3-7-16/h1-3,6-7,17H,4-5,8-15H2. The molecule has 1 aromatic carbocycles. The Morgan fingerprint density at radius 3 is 2.79 bits per heavy atom. The van der Waals surface area contributed by atoms with Crippen LogP contribution in [-0.2, 0) is 20.7 Å². The van der Waals surface area contributed by atoms with Crippen molar-refractivity contribution in [2.75, 3.05) is 32.8 Å². The summed E-state index contributed by atoms with van der Waals surface area (Å²) in [6.07, 6.45) is 3.81. The fourth-order valence-electron chi connectivity index (χ4n) is 3.47. The molecule has 5 nitrogen and oxygen atoms in total. The second-order valence-electron chi connectivity index (χ2n) is 6.61. The smallest absolute Gasteiger partial charge is 0.222 e. The molecule has 2 fully saturated rings. The van der Waals surface area contributed by atoms with Gasteiger partial charge in [-0.2, -0.15) is 0 Å². The third-order valence-electron chi connectivity index (χ3n) is 4.79. The van der Waals surface area contributed by atoms with E-state index in [-0.39, 0.29) is 17.9 Å². The van der Waals surface area contributed by atoms with Gasteiger partial charge in [0, 0.05) is 45.4 Å². The molecule has 1 atom stereocenters. The van der Waals surface area contributed by atoms with E-state index in [1.54, 1.807) is 0 Å². The van der Waals surface area contributed by atoms with Crippen molar-refractivity contribution in [3.8, 4) is 0 Å². The summed E-state index contributed by atoms with van der Waals surface area (Å²) in [5, 5.41) is 0. The van der Waals surface area contributed by atoms with Crippen molar-refractivity contribution in [2.24, 2.45) is 0 Å². The zero-order chi connectivity index (χ0) is 16.8. The quantitative estimate of drug-likeness (QED) is 0.800. The summed E-state index contributed by atoms with van der Waals surface area (Å²) in [5.41, 5.74) is 1.24. The normalized spacial score (nSPS) is 21.3. The summed E-state index contributed by atoms with van der Waals surface area (Å²) in [4.78, 5) is 27.8. The summed E-state index contributed by atoms with van der Waals surface area (Å²) in [7, 11) is 0. The van der Waals surface area contributed by atoms with Crippen LogP contribution in [0.25, 0.3) is 0 Å². The van der Waals surface area contributed by atoms with Crippen molar-refractivity contribution in [3.63, 3.8) is 0 Å². The topological polar surface area (TPSA) is 49.9 Å². The number of amides is 2. The average molecular weight is 330 g/mol. The average Bonchev–Trinajstić information content (AvgIpc) is 3.01. The molecular formula is C19H26N2O3. The predicted octanol–water partition coefficient (Wildman–Crippen LogP) is 1.86. The summed E-state index contributed by atoms with van der Waals surface area (Å²) < 4.78 is 5.82. The SMILES string of the molecule is O=C1CCCN1CCCC(=O)N1CCOC(Cc2ccccc2)C1. The number of hydrogen-bond donors (Lipinski definition) is 0. The van der Waals surface area contributed by atoms with Crippen LogP contribution in [0.2, 0.25) is 0 Å². The summed E-state index contributed by atoms with van der Waals surface area (Å²) in [6, 6.07) is 10.3. The number of nitrogens with zero attached hydrogens (tertiary/aromatic N) is 2. The third kappa shape index (κ3) is 4.57. The zero-order valence-corrected chi connectivity index (χ0v) is 14.2. The van der Waals surface area contributed by atoms with Crippen LogP contribution in [0.5, 0.6) is 0 Å². The van der Waals surface area contributed by atoms with Gasteiger partial charge in [-0.05, 0) is 18.4 Å². The van der Waals surface area contributed by atoms with Gasteiger partial charge in [0.1, 0.15) is 0 Å². The van der Waals surface area contributed by atoms with Crippen molar-refractivity contribution in [1.29, 1.82) is 0 Å². The molecule has 3 rings (SSSR count). The Balaban J connectivity index is 1.42. The molecule has 0 spiro atoms. The Kier molecular flexibility index (Phi) is 5.86. The van der Waals surface area contributed by atoms with Gasteiger partial charge in [-0.3, -0.25) is 9.59 Å². The van der Waals surface area contributed by atoms with Gasteiger partial charge >= 0.3 is 0 Å². The molecule has 1 unspecified atom stereocenters. The zero-order valence-electron chi connectivity index (χ0n) is 14.2. The highest BCUT2D eigenvalue weighted by molar-refractivity contribution is 5.78. The van der Waals surface area contributed by atoms with E-state index in [9.17, 15) is 9.59 Å². The van der Waals surface area contributed by atoms with Gasteiger partial charge in [0.25, 0.3) is 0 Å². The first-order valence-electron chi connectivity index (χ1n) is 8.93. The maximum absolute atomic E-state index is 12.4. The van der Waals surface area contributed by atoms with E-state index < -0.39 is 0 Å². The largest absolute Gasteiger partial charge is 0.374 e. The molecule has 0 radical (unpaired) electrons. The van der Waals surface area contributed by atoms with Gasteiger partial charge < -0.3 is 14.5 Å². The van der Waals surface area contributed by atoms with E-state index in [1.807, 2.05) is 28.0 Å². The number of ether oxygens (including phenoxy) is 1. The lowest BCUT2D eigenvalue weighted by Gasteiger charge is -2.33. The Morgan fingerprint density at radius 1 is 1.21 bits per heavy atom. The molecule has 24 heavy (non-hydrogen) atoms. The summed E-state index contributed by atoms with van der Waals surface area (Å²) in [5.74, 6) is 0.416. The molecule has 2 heterocycles. The van der Waals surface area contributed by atoms with E-state index in [1.165, 1.54) is 5.56 Å². The fraction of sp³-hybridized carbons (Fsp3) is 0.579. The second-order valence-corrected chi connectivity index (χ2v) is 6.61. The first-order chi connectivity index (χ1) is 11.7. The van der Waals surface area contributed by atoms with Crippen molar-refractivity contribution < 1.29 is 14.3 Å². The van der Waals surface area contributed by atoms with Crippen LogP contribution in [0.4, 0.5) is 0 Å². The molecule has 0 aliphatic carbocycles. The molecule has 0 bridgehead atoms. The van der Waals surface area contributed by atoms with Crippen molar-refractivity contribution >= 4 is 11.8 Å². The second kappa shape index (κ2) is 8.29. The van der Waals surface area contributed by atoms with Gasteiger partial charge in [-0.25, -0.2) is 0 Å². The van der Waals surface area contributed by atoms with E-state index >= 15 is 0 Å². The van der Waals surface area contributed by atoms with Gasteiger partial charge in [-0.15, -0.1) is 0 Å². The van der Waals surface area contributed by atoms with E-state index in [4.69, 9.17) is 4.74 Å². The van der Waals surface area contributed by atoms with Gasteiger partial charge in [0.05, 0.1) is 12.7 Å². The Hall–Kier alpha value is -1.88. The molecule has 5 heteroatoms. The van der Waals surface area contributed by atoms with Crippen LogP contribution < -0.4 is 0 Å². The highest BCUT2D eigenvalue weighted by atomic mass is 16.5. The molecule has 130 valence electrons. The molecule has 2 amide bonds. The number of benzene rings is 1. The van der Waals surface area contributed by atoms with Crippen molar-refractivity contribution in [2.45, 2.75) is 38.2 Å². The minimum Gasteiger partial charge on any atom is -0.374 e. The third-order valence-corrected chi connectivity index (χ3v) is 4.79. The Bertz CT molecular complexity index is 561. The number of carbonyl (C=O) groups excluding carboxylic acids is 2. The minimum absolute atomic E-state index is 0.0743. The van der Waals surface area contributed by atoms with Crippen molar-refractivity contribution in [3.05, 3.63) is 35.9 Å². The number of rotatable bonds is 6. The Morgan fingerprint density at radius 2 is 2.04 bits per heavy atom. The fourth-order valence-corrected chi connectivity index (χ4v) is 3.47. The molecule has 1 aromatic rings. The van der Waals surface area contributed by atoms with Crippen LogP contribution in [0.3, 0.4) is 0 Å². The minimum atomic E-state index is 0.0743. The lowest BCUT2D eigenvalue weighted by atomic mass is 10.1. The lowest BCUT2D eigenvalue weighted by Crippen LogP contribution is -2.46. The maximum atomic E-state index is 12.4. The highest BCUT2D eigenvalue weighted by Gasteiger charge is 2.25. The van der Waals surface area contributed by atoms with E-state index in [0.29, 0.717) is 39.1 Å². The van der Waals surface area contributed by atoms with Gasteiger partial charge in [-0.1, -0.05) is 30.3 Å². The maximum Gasteiger partial charge on any atom is 0.222 e. The first kappa shape index (κ1) is 17.0. The number of carbonyl (C=O) groups is 2. The number of morpholine rings is 1. The van der Waals surface area contributed by atoms with Crippen LogP contribution in [-0.4, -0.2) is 60.5 Å². The molecule has 2 aliphatic rings. The summed E-state index contributed by atoms with van der Waals surface area (Å²) in [6.45, 7) is 3.50. The molecule has 0 aromatic heterocycles. The van der Waals surface area contributed by atoms with Gasteiger partial charge in [0.2, 0.25) is 11.8 Å². The van der Waals surface area contributed by atoms with E-state index in [0.717, 1.165) is 25.8 Å². The first-order valence-corrected chi connectivity index (χ1v) is 8.93. The molecule has 0 saturated carbocycles. The highest BCUT2D eigenvalue weighted by Crippen LogP contribution is 2.14. The Labute approximate surface area is 143 Å². The van der Waals surface area contributed by atoms with Crippen LogP contribution in [0.1, 0.15) is 31.2 Å². The lowest BCUT2D eigenvalue weighted by molar-refractivity contribution is -0.139. The van der Waals surface area contributed by atoms with Crippen molar-refractivity contribution in [1.82, 2.24) is 9.80 Å². The number of likely N-dealkylation sites (tertiary alicyclic amines) is 1. The van der Waals surface area contributed by atoms with Crippen LogP contribution in [0, 0.1) is 0 Å². The van der Waals surface area contributed by atoms with Crippen LogP contribution >= 0.6 is 0 Å². The molecular weight excluding hydrogens is 304 g/mol. The molecule has 2 aliphatic heterocycles. The summed E-state index contributed by atoms with van der Waals surface area (Å²) >= 11 is 0. The molecule has 2 saturated heterocycles.